The van der Waals surface area contributed by atoms with Crippen LogP contribution >= 0.6 is 0 Å². The van der Waals surface area contributed by atoms with E-state index in [9.17, 15) is 9.59 Å². The van der Waals surface area contributed by atoms with Crippen molar-refractivity contribution in [3.63, 3.8) is 0 Å². The molecule has 28 heavy (non-hydrogen) atoms. The first-order valence-electron chi connectivity index (χ1n) is 9.63. The van der Waals surface area contributed by atoms with Gasteiger partial charge in [0.2, 0.25) is 0 Å². The second kappa shape index (κ2) is 10.3. The van der Waals surface area contributed by atoms with Gasteiger partial charge in [-0.15, -0.1) is 0 Å². The summed E-state index contributed by atoms with van der Waals surface area (Å²) in [4.78, 5) is 24.1. The van der Waals surface area contributed by atoms with E-state index in [0.717, 1.165) is 25.7 Å². The Morgan fingerprint density at radius 1 is 0.679 bits per heavy atom. The Balaban J connectivity index is 1.30. The van der Waals surface area contributed by atoms with E-state index in [1.807, 2.05) is 60.7 Å². The van der Waals surface area contributed by atoms with Crippen molar-refractivity contribution in [2.75, 3.05) is 13.2 Å². The minimum Gasteiger partial charge on any atom is -0.484 e. The predicted octanol–water partition coefficient (Wildman–Crippen LogP) is 2.69. The van der Waals surface area contributed by atoms with Gasteiger partial charge in [-0.3, -0.25) is 9.59 Å². The van der Waals surface area contributed by atoms with Gasteiger partial charge >= 0.3 is 0 Å². The molecule has 0 bridgehead atoms. The van der Waals surface area contributed by atoms with Crippen LogP contribution in [0, 0.1) is 0 Å². The summed E-state index contributed by atoms with van der Waals surface area (Å²) in [5, 5.41) is 6.02. The first-order chi connectivity index (χ1) is 13.7. The predicted molar refractivity (Wildman–Crippen MR) is 106 cm³/mol. The van der Waals surface area contributed by atoms with Gasteiger partial charge in [-0.2, -0.15) is 0 Å². The van der Waals surface area contributed by atoms with Gasteiger partial charge in [0.25, 0.3) is 11.8 Å². The Bertz CT molecular complexity index is 678. The summed E-state index contributed by atoms with van der Waals surface area (Å²) in [6.45, 7) is 0.0228. The SMILES string of the molecule is O=C(COc1ccccc1)NC1CCC(NC(=O)COc2ccccc2)CC1. The van der Waals surface area contributed by atoms with Crippen molar-refractivity contribution in [1.82, 2.24) is 10.6 Å². The Morgan fingerprint density at radius 3 is 1.39 bits per heavy atom. The Kier molecular flexibility index (Phi) is 7.29. The molecule has 1 saturated carbocycles. The van der Waals surface area contributed by atoms with Crippen LogP contribution in [0.5, 0.6) is 11.5 Å². The molecule has 2 amide bonds. The van der Waals surface area contributed by atoms with Crippen molar-refractivity contribution in [3.05, 3.63) is 60.7 Å². The lowest BCUT2D eigenvalue weighted by Gasteiger charge is -2.29. The molecule has 2 N–H and O–H groups in total. The molecule has 0 aromatic heterocycles. The van der Waals surface area contributed by atoms with Crippen molar-refractivity contribution in [3.8, 4) is 11.5 Å². The highest BCUT2D eigenvalue weighted by molar-refractivity contribution is 5.78. The molecular weight excluding hydrogens is 356 g/mol. The largest absolute Gasteiger partial charge is 0.484 e. The van der Waals surface area contributed by atoms with Gasteiger partial charge in [-0.1, -0.05) is 36.4 Å². The highest BCUT2D eigenvalue weighted by atomic mass is 16.5. The summed E-state index contributed by atoms with van der Waals surface area (Å²) in [7, 11) is 0. The average Bonchev–Trinajstić information content (AvgIpc) is 2.74. The summed E-state index contributed by atoms with van der Waals surface area (Å²) in [6.07, 6.45) is 3.34. The van der Waals surface area contributed by atoms with Crippen LogP contribution in [0.4, 0.5) is 0 Å². The number of carbonyl (C=O) groups is 2. The van der Waals surface area contributed by atoms with Gasteiger partial charge in [0.05, 0.1) is 0 Å². The van der Waals surface area contributed by atoms with Gasteiger partial charge in [-0.05, 0) is 49.9 Å². The molecule has 3 rings (SSSR count). The van der Waals surface area contributed by atoms with Crippen molar-refractivity contribution < 1.29 is 19.1 Å². The monoisotopic (exact) mass is 382 g/mol. The van der Waals surface area contributed by atoms with E-state index in [-0.39, 0.29) is 37.1 Å². The summed E-state index contributed by atoms with van der Waals surface area (Å²) >= 11 is 0. The zero-order valence-electron chi connectivity index (χ0n) is 15.8. The fourth-order valence-electron chi connectivity index (χ4n) is 3.25. The lowest BCUT2D eigenvalue weighted by molar-refractivity contribution is -0.125. The number of carbonyl (C=O) groups excluding carboxylic acids is 2. The Morgan fingerprint density at radius 2 is 1.04 bits per heavy atom. The summed E-state index contributed by atoms with van der Waals surface area (Å²) in [5.74, 6) is 1.13. The number of para-hydroxylation sites is 2. The average molecular weight is 382 g/mol. The van der Waals surface area contributed by atoms with E-state index in [1.165, 1.54) is 0 Å². The molecule has 0 saturated heterocycles. The van der Waals surface area contributed by atoms with E-state index < -0.39 is 0 Å². The molecule has 1 fully saturated rings. The maximum atomic E-state index is 12.0. The van der Waals surface area contributed by atoms with E-state index in [2.05, 4.69) is 10.6 Å². The summed E-state index contributed by atoms with van der Waals surface area (Å²) in [5.41, 5.74) is 0. The molecule has 1 aliphatic rings. The number of hydrogen-bond donors (Lipinski definition) is 2. The Labute approximate surface area is 165 Å². The van der Waals surface area contributed by atoms with Crippen LogP contribution in [0.3, 0.4) is 0 Å². The molecule has 0 spiro atoms. The summed E-state index contributed by atoms with van der Waals surface area (Å²) in [6, 6.07) is 18.8. The van der Waals surface area contributed by atoms with Gasteiger partial charge in [-0.25, -0.2) is 0 Å². The Hall–Kier alpha value is -3.02. The number of nitrogens with one attached hydrogen (secondary N) is 2. The highest BCUT2D eigenvalue weighted by Crippen LogP contribution is 2.19. The maximum absolute atomic E-state index is 12.0. The van der Waals surface area contributed by atoms with Crippen LogP contribution in [-0.4, -0.2) is 37.1 Å². The lowest BCUT2D eigenvalue weighted by atomic mass is 9.91. The van der Waals surface area contributed by atoms with Crippen LogP contribution in [-0.2, 0) is 9.59 Å². The van der Waals surface area contributed by atoms with Crippen LogP contribution in [0.15, 0.2) is 60.7 Å². The molecule has 0 aliphatic heterocycles. The van der Waals surface area contributed by atoms with E-state index >= 15 is 0 Å². The minimum absolute atomic E-state index is 0.0114. The first-order valence-corrected chi connectivity index (χ1v) is 9.63. The van der Waals surface area contributed by atoms with E-state index in [0.29, 0.717) is 11.5 Å². The van der Waals surface area contributed by atoms with E-state index in [4.69, 9.17) is 9.47 Å². The number of rotatable bonds is 8. The molecule has 0 heterocycles. The second-order valence-electron chi connectivity index (χ2n) is 6.89. The molecule has 6 nitrogen and oxygen atoms in total. The molecule has 0 unspecified atom stereocenters. The molecule has 0 atom stereocenters. The molecule has 6 heteroatoms. The standard InChI is InChI=1S/C22H26N2O4/c25-21(15-27-19-7-3-1-4-8-19)23-17-11-13-18(14-12-17)24-22(26)16-28-20-9-5-2-6-10-20/h1-10,17-18H,11-16H2,(H,23,25)(H,24,26). The van der Waals surface area contributed by atoms with Crippen molar-refractivity contribution in [2.24, 2.45) is 0 Å². The maximum Gasteiger partial charge on any atom is 0.258 e. The fraction of sp³-hybridized carbons (Fsp3) is 0.364. The van der Waals surface area contributed by atoms with Crippen LogP contribution in [0.1, 0.15) is 25.7 Å². The third-order valence-electron chi connectivity index (χ3n) is 4.68. The van der Waals surface area contributed by atoms with Gasteiger partial charge in [0, 0.05) is 12.1 Å². The van der Waals surface area contributed by atoms with Crippen LogP contribution < -0.4 is 20.1 Å². The lowest BCUT2D eigenvalue weighted by Crippen LogP contribution is -2.45. The third-order valence-corrected chi connectivity index (χ3v) is 4.68. The van der Waals surface area contributed by atoms with Gasteiger partial charge in [0.1, 0.15) is 11.5 Å². The molecule has 2 aromatic rings. The smallest absolute Gasteiger partial charge is 0.258 e. The molecular formula is C22H26N2O4. The number of benzene rings is 2. The van der Waals surface area contributed by atoms with Gasteiger partial charge in [0.15, 0.2) is 13.2 Å². The minimum atomic E-state index is -0.118. The molecule has 0 radical (unpaired) electrons. The normalized spacial score (nSPS) is 18.7. The van der Waals surface area contributed by atoms with Crippen molar-refractivity contribution in [2.45, 2.75) is 37.8 Å². The summed E-state index contributed by atoms with van der Waals surface area (Å²) < 4.78 is 10.9. The van der Waals surface area contributed by atoms with Crippen LogP contribution in [0.25, 0.3) is 0 Å². The second-order valence-corrected chi connectivity index (χ2v) is 6.89. The number of amides is 2. The third kappa shape index (κ3) is 6.61. The first kappa shape index (κ1) is 19.7. The number of hydrogen-bond acceptors (Lipinski definition) is 4. The molecule has 2 aromatic carbocycles. The quantitative estimate of drug-likeness (QED) is 0.736. The highest BCUT2D eigenvalue weighted by Gasteiger charge is 2.23. The van der Waals surface area contributed by atoms with Crippen molar-refractivity contribution in [1.29, 1.82) is 0 Å². The van der Waals surface area contributed by atoms with Crippen LogP contribution in [0.2, 0.25) is 0 Å². The topological polar surface area (TPSA) is 76.7 Å². The molecule has 1 aliphatic carbocycles. The zero-order chi connectivity index (χ0) is 19.6. The zero-order valence-corrected chi connectivity index (χ0v) is 15.8. The van der Waals surface area contributed by atoms with Crippen molar-refractivity contribution >= 4 is 11.8 Å². The van der Waals surface area contributed by atoms with E-state index in [1.54, 1.807) is 0 Å². The fourth-order valence-corrected chi connectivity index (χ4v) is 3.25. The number of ether oxygens (including phenoxy) is 2. The van der Waals surface area contributed by atoms with Gasteiger partial charge < -0.3 is 20.1 Å². The molecule has 148 valence electrons.